The lowest BCUT2D eigenvalue weighted by Gasteiger charge is -2.15. The number of nitro groups is 1. The maximum absolute atomic E-state index is 13.3. The normalized spacial score (nSPS) is 11.3. The second kappa shape index (κ2) is 7.99. The number of aromatic amines is 1. The third-order valence-electron chi connectivity index (χ3n) is 3.81. The molecule has 156 valence electrons. The van der Waals surface area contributed by atoms with E-state index >= 15 is 0 Å². The molecule has 0 amide bonds. The highest BCUT2D eigenvalue weighted by molar-refractivity contribution is 6.29. The third-order valence-corrected chi connectivity index (χ3v) is 4.03. The molecule has 3 aromatic rings. The van der Waals surface area contributed by atoms with Gasteiger partial charge in [-0.1, -0.05) is 17.7 Å². The Morgan fingerprint density at radius 3 is 2.53 bits per heavy atom. The van der Waals surface area contributed by atoms with Crippen LogP contribution in [0.2, 0.25) is 5.15 Å². The zero-order valence-electron chi connectivity index (χ0n) is 14.6. The number of nitrogens with zero attached hydrogens (tertiary/aromatic N) is 3. The number of aromatic nitrogens is 3. The Labute approximate surface area is 169 Å². The molecule has 0 atom stereocenters. The zero-order chi connectivity index (χ0) is 22.1. The smallest absolute Gasteiger partial charge is 0.432 e. The van der Waals surface area contributed by atoms with Gasteiger partial charge in [-0.15, -0.1) is 0 Å². The highest BCUT2D eigenvalue weighted by atomic mass is 35.5. The SMILES string of the molecule is O=c1cc(C(F)(F)F)n(-c2ccc(OCc3ccc(Cl)nc3)cc2[N+](=O)[O-])c(=O)[nH]1. The fourth-order valence-corrected chi connectivity index (χ4v) is 2.64. The van der Waals surface area contributed by atoms with Crippen LogP contribution in [0, 0.1) is 10.1 Å². The van der Waals surface area contributed by atoms with E-state index in [-0.39, 0.29) is 28.1 Å². The van der Waals surface area contributed by atoms with Gasteiger partial charge in [0.15, 0.2) is 0 Å². The summed E-state index contributed by atoms with van der Waals surface area (Å²) in [4.78, 5) is 39.4. The van der Waals surface area contributed by atoms with E-state index in [1.165, 1.54) is 12.3 Å². The van der Waals surface area contributed by atoms with Gasteiger partial charge >= 0.3 is 11.9 Å². The van der Waals surface area contributed by atoms with E-state index < -0.39 is 39.4 Å². The number of benzene rings is 1. The predicted octanol–water partition coefficient (Wildman–Crippen LogP) is 3.08. The minimum absolute atomic E-state index is 0.0203. The van der Waals surface area contributed by atoms with Crippen LogP contribution in [0.4, 0.5) is 18.9 Å². The second-order valence-corrected chi connectivity index (χ2v) is 6.23. The Morgan fingerprint density at radius 1 is 1.20 bits per heavy atom. The van der Waals surface area contributed by atoms with Gasteiger partial charge < -0.3 is 4.74 Å². The average Bonchev–Trinajstić information content (AvgIpc) is 2.66. The van der Waals surface area contributed by atoms with Crippen LogP contribution in [0.5, 0.6) is 5.75 Å². The number of rotatable bonds is 5. The standard InChI is InChI=1S/C17H10ClF3N4O5/c18-14-4-1-9(7-22-14)8-30-10-2-3-11(12(5-10)25(28)29)24-13(17(19,20)21)6-15(26)23-16(24)27/h1-7H,8H2,(H,23,26,27). The number of nitrogens with one attached hydrogen (secondary N) is 1. The molecule has 2 heterocycles. The number of H-pyrrole nitrogens is 1. The average molecular weight is 443 g/mol. The minimum Gasteiger partial charge on any atom is -0.489 e. The van der Waals surface area contributed by atoms with Crippen LogP contribution in [0.15, 0.2) is 52.2 Å². The number of pyridine rings is 1. The number of halogens is 4. The fraction of sp³-hybridized carbons (Fsp3) is 0.118. The highest BCUT2D eigenvalue weighted by Gasteiger charge is 2.37. The summed E-state index contributed by atoms with van der Waals surface area (Å²) in [6.07, 6.45) is -3.70. The molecule has 2 aromatic heterocycles. The van der Waals surface area contributed by atoms with E-state index in [0.29, 0.717) is 5.56 Å². The van der Waals surface area contributed by atoms with E-state index in [1.807, 2.05) is 0 Å². The van der Waals surface area contributed by atoms with Crippen molar-refractivity contribution in [2.45, 2.75) is 12.8 Å². The van der Waals surface area contributed by atoms with E-state index in [9.17, 15) is 32.9 Å². The quantitative estimate of drug-likeness (QED) is 0.368. The van der Waals surface area contributed by atoms with Gasteiger partial charge in [-0.2, -0.15) is 13.2 Å². The number of nitro benzene ring substituents is 1. The van der Waals surface area contributed by atoms with E-state index in [1.54, 1.807) is 11.1 Å². The molecule has 0 saturated carbocycles. The van der Waals surface area contributed by atoms with Crippen LogP contribution < -0.4 is 16.0 Å². The summed E-state index contributed by atoms with van der Waals surface area (Å²) in [6.45, 7) is -0.0485. The lowest BCUT2D eigenvalue weighted by Crippen LogP contribution is -2.34. The summed E-state index contributed by atoms with van der Waals surface area (Å²) < 4.78 is 45.4. The third kappa shape index (κ3) is 4.49. The molecule has 0 spiro atoms. The summed E-state index contributed by atoms with van der Waals surface area (Å²) in [7, 11) is 0. The monoisotopic (exact) mass is 442 g/mol. The van der Waals surface area contributed by atoms with Gasteiger partial charge in [-0.25, -0.2) is 9.78 Å². The molecule has 0 aliphatic rings. The van der Waals surface area contributed by atoms with E-state index in [0.717, 1.165) is 18.2 Å². The molecular formula is C17H10ClF3N4O5. The first-order valence-electron chi connectivity index (χ1n) is 8.02. The Bertz CT molecular complexity index is 1220. The molecule has 1 aromatic carbocycles. The molecule has 1 N–H and O–H groups in total. The fourth-order valence-electron chi connectivity index (χ4n) is 2.53. The van der Waals surface area contributed by atoms with Crippen LogP contribution in [-0.4, -0.2) is 19.5 Å². The van der Waals surface area contributed by atoms with E-state index in [2.05, 4.69) is 4.98 Å². The topological polar surface area (TPSA) is 120 Å². The largest absolute Gasteiger partial charge is 0.489 e. The molecule has 0 saturated heterocycles. The molecule has 0 bridgehead atoms. The summed E-state index contributed by atoms with van der Waals surface area (Å²) >= 11 is 5.67. The first-order chi connectivity index (χ1) is 14.1. The number of hydrogen-bond acceptors (Lipinski definition) is 6. The van der Waals surface area contributed by atoms with Crippen molar-refractivity contribution in [2.75, 3.05) is 0 Å². The van der Waals surface area contributed by atoms with Crippen molar-refractivity contribution in [3.8, 4) is 11.4 Å². The first kappa shape index (κ1) is 21.0. The van der Waals surface area contributed by atoms with Crippen LogP contribution in [0.3, 0.4) is 0 Å². The highest BCUT2D eigenvalue weighted by Crippen LogP contribution is 2.33. The van der Waals surface area contributed by atoms with E-state index in [4.69, 9.17) is 16.3 Å². The van der Waals surface area contributed by atoms with Crippen molar-refractivity contribution < 1.29 is 22.8 Å². The maximum Gasteiger partial charge on any atom is 0.432 e. The zero-order valence-corrected chi connectivity index (χ0v) is 15.4. The lowest BCUT2D eigenvalue weighted by molar-refractivity contribution is -0.384. The van der Waals surface area contributed by atoms with Crippen molar-refractivity contribution in [3.63, 3.8) is 0 Å². The second-order valence-electron chi connectivity index (χ2n) is 5.84. The van der Waals surface area contributed by atoms with Gasteiger partial charge in [0.1, 0.15) is 28.9 Å². The molecule has 0 unspecified atom stereocenters. The first-order valence-corrected chi connectivity index (χ1v) is 8.39. The van der Waals surface area contributed by atoms with Crippen LogP contribution in [-0.2, 0) is 12.8 Å². The van der Waals surface area contributed by atoms with Crippen molar-refractivity contribution in [2.24, 2.45) is 0 Å². The molecule has 3 rings (SSSR count). The van der Waals surface area contributed by atoms with Gasteiger partial charge in [0, 0.05) is 17.8 Å². The van der Waals surface area contributed by atoms with Crippen molar-refractivity contribution >= 4 is 17.3 Å². The molecule has 0 fully saturated rings. The van der Waals surface area contributed by atoms with Crippen molar-refractivity contribution in [1.29, 1.82) is 0 Å². The Morgan fingerprint density at radius 2 is 1.93 bits per heavy atom. The molecule has 0 aliphatic heterocycles. The summed E-state index contributed by atoms with van der Waals surface area (Å²) in [5, 5.41) is 11.7. The minimum atomic E-state index is -5.11. The Balaban J connectivity index is 2.05. The van der Waals surface area contributed by atoms with Gasteiger partial charge in [0.25, 0.3) is 11.2 Å². The summed E-state index contributed by atoms with van der Waals surface area (Å²) in [5.74, 6) is -0.0357. The Kier molecular flexibility index (Phi) is 5.60. The van der Waals surface area contributed by atoms with Crippen LogP contribution in [0.25, 0.3) is 5.69 Å². The van der Waals surface area contributed by atoms with Crippen LogP contribution >= 0.6 is 11.6 Å². The predicted molar refractivity (Wildman–Crippen MR) is 97.9 cm³/mol. The van der Waals surface area contributed by atoms with Gasteiger partial charge in [0.05, 0.1) is 11.0 Å². The summed E-state index contributed by atoms with van der Waals surface area (Å²) in [6, 6.07) is 6.20. The molecular weight excluding hydrogens is 433 g/mol. The number of hydrogen-bond donors (Lipinski definition) is 1. The maximum atomic E-state index is 13.3. The van der Waals surface area contributed by atoms with Crippen LogP contribution in [0.1, 0.15) is 11.3 Å². The molecule has 0 aliphatic carbocycles. The lowest BCUT2D eigenvalue weighted by atomic mass is 10.2. The van der Waals surface area contributed by atoms with Gasteiger partial charge in [-0.05, 0) is 18.2 Å². The molecule has 30 heavy (non-hydrogen) atoms. The molecule has 13 heteroatoms. The molecule has 9 nitrogen and oxygen atoms in total. The van der Waals surface area contributed by atoms with Crippen molar-refractivity contribution in [1.82, 2.24) is 14.5 Å². The van der Waals surface area contributed by atoms with Gasteiger partial charge in [-0.3, -0.25) is 24.5 Å². The summed E-state index contributed by atoms with van der Waals surface area (Å²) in [5.41, 5.74) is -5.35. The number of alkyl halides is 3. The van der Waals surface area contributed by atoms with Crippen molar-refractivity contribution in [3.05, 3.63) is 90.0 Å². The van der Waals surface area contributed by atoms with Gasteiger partial charge in [0.2, 0.25) is 0 Å². The number of ether oxygens (including phenoxy) is 1. The Hall–Kier alpha value is -3.67. The molecule has 0 radical (unpaired) electrons.